The molecule has 2 N–H and O–H groups in total. The van der Waals surface area contributed by atoms with Gasteiger partial charge < -0.3 is 10.6 Å². The fraction of sp³-hybridized carbons (Fsp3) is 0.0833. The van der Waals surface area contributed by atoms with Gasteiger partial charge in [0.15, 0.2) is 3.95 Å². The van der Waals surface area contributed by atoms with Gasteiger partial charge in [0.05, 0.1) is 6.54 Å². The summed E-state index contributed by atoms with van der Waals surface area (Å²) in [7, 11) is 0. The van der Waals surface area contributed by atoms with Crippen molar-refractivity contribution in [3.8, 4) is 5.69 Å². The lowest BCUT2D eigenvalue weighted by Crippen LogP contribution is -2.39. The Balaban J connectivity index is 1.59. The standard InChI is InChI=1S/C24H18F2N4S2/c25-17-10-6-15(7-11-17)14-27-22-20-23(29-21(28-22)16-8-12-18(26)13-9-16)30(24(31)32-20)19-4-2-1-3-5-19/h1-13,21,29H,14H2,(H,27,28). The first-order chi connectivity index (χ1) is 15.6. The van der Waals surface area contributed by atoms with Crippen LogP contribution in [0.1, 0.15) is 22.2 Å². The number of hydrogen-bond donors (Lipinski definition) is 2. The van der Waals surface area contributed by atoms with Crippen LogP contribution in [-0.2, 0) is 6.54 Å². The van der Waals surface area contributed by atoms with Crippen molar-refractivity contribution in [1.82, 2.24) is 9.88 Å². The number of benzene rings is 3. The van der Waals surface area contributed by atoms with E-state index < -0.39 is 0 Å². The summed E-state index contributed by atoms with van der Waals surface area (Å²) >= 11 is 7.15. The molecule has 0 radical (unpaired) electrons. The maximum absolute atomic E-state index is 13.5. The molecule has 1 aliphatic rings. The fourth-order valence-electron chi connectivity index (χ4n) is 3.55. The van der Waals surface area contributed by atoms with E-state index in [4.69, 9.17) is 17.2 Å². The zero-order valence-corrected chi connectivity index (χ0v) is 18.4. The molecule has 0 fully saturated rings. The minimum absolute atomic E-state index is 0.280. The highest BCUT2D eigenvalue weighted by molar-refractivity contribution is 7.73. The maximum Gasteiger partial charge on any atom is 0.168 e. The molecule has 4 aromatic rings. The summed E-state index contributed by atoms with van der Waals surface area (Å²) in [6, 6.07) is 22.5. The number of nitrogens with zero attached hydrogens (tertiary/aromatic N) is 2. The molecule has 1 aromatic heterocycles. The van der Waals surface area contributed by atoms with E-state index in [2.05, 4.69) is 10.6 Å². The van der Waals surface area contributed by atoms with Crippen LogP contribution in [0.3, 0.4) is 0 Å². The highest BCUT2D eigenvalue weighted by Gasteiger charge is 2.28. The van der Waals surface area contributed by atoms with Gasteiger partial charge in [-0.25, -0.2) is 8.78 Å². The Kier molecular flexibility index (Phi) is 5.55. The van der Waals surface area contributed by atoms with E-state index in [9.17, 15) is 8.78 Å². The van der Waals surface area contributed by atoms with E-state index >= 15 is 0 Å². The third-order valence-electron chi connectivity index (χ3n) is 5.14. The van der Waals surface area contributed by atoms with Crippen LogP contribution in [0.4, 0.5) is 14.6 Å². The van der Waals surface area contributed by atoms with Crippen molar-refractivity contribution in [2.75, 3.05) is 5.32 Å². The number of aromatic nitrogens is 1. The van der Waals surface area contributed by atoms with Gasteiger partial charge in [-0.15, -0.1) is 0 Å². The number of para-hydroxylation sites is 1. The molecule has 8 heteroatoms. The number of amidine groups is 1. The van der Waals surface area contributed by atoms with Crippen molar-refractivity contribution >= 4 is 35.2 Å². The molecule has 32 heavy (non-hydrogen) atoms. The first-order valence-electron chi connectivity index (χ1n) is 9.97. The van der Waals surface area contributed by atoms with Gasteiger partial charge in [-0.2, -0.15) is 0 Å². The minimum Gasteiger partial charge on any atom is -0.346 e. The molecule has 3 aromatic carbocycles. The van der Waals surface area contributed by atoms with Gasteiger partial charge >= 0.3 is 0 Å². The van der Waals surface area contributed by atoms with Crippen molar-refractivity contribution < 1.29 is 8.78 Å². The molecule has 4 nitrogen and oxygen atoms in total. The molecule has 0 saturated carbocycles. The molecule has 0 bridgehead atoms. The SMILES string of the molecule is Fc1ccc(CN=C2NC(c3ccc(F)cc3)Nc3c2sc(=S)n3-c2ccccc2)cc1. The van der Waals surface area contributed by atoms with Gasteiger partial charge in [0, 0.05) is 5.69 Å². The van der Waals surface area contributed by atoms with Gasteiger partial charge in [-0.1, -0.05) is 53.8 Å². The molecule has 1 atom stereocenters. The van der Waals surface area contributed by atoms with E-state index in [-0.39, 0.29) is 17.8 Å². The molecule has 0 amide bonds. The number of hydrogen-bond acceptors (Lipinski definition) is 4. The van der Waals surface area contributed by atoms with Gasteiger partial charge in [-0.3, -0.25) is 9.56 Å². The molecule has 5 rings (SSSR count). The van der Waals surface area contributed by atoms with Crippen molar-refractivity contribution in [2.45, 2.75) is 12.7 Å². The molecule has 1 aliphatic heterocycles. The Bertz CT molecular complexity index is 1330. The predicted octanol–water partition coefficient (Wildman–Crippen LogP) is 6.21. The van der Waals surface area contributed by atoms with E-state index in [1.54, 1.807) is 24.3 Å². The molecular weight excluding hydrogens is 446 g/mol. The summed E-state index contributed by atoms with van der Waals surface area (Å²) in [5, 5.41) is 6.91. The second kappa shape index (κ2) is 8.64. The van der Waals surface area contributed by atoms with Crippen LogP contribution in [0, 0.1) is 15.6 Å². The Labute approximate surface area is 192 Å². The minimum atomic E-state index is -0.325. The average molecular weight is 465 g/mol. The van der Waals surface area contributed by atoms with E-state index in [1.807, 2.05) is 34.9 Å². The highest BCUT2D eigenvalue weighted by atomic mass is 32.1. The summed E-state index contributed by atoms with van der Waals surface area (Å²) in [4.78, 5) is 5.67. The number of nitrogens with one attached hydrogen (secondary N) is 2. The van der Waals surface area contributed by atoms with Crippen molar-refractivity contribution in [2.24, 2.45) is 4.99 Å². The molecule has 1 unspecified atom stereocenters. The summed E-state index contributed by atoms with van der Waals surface area (Å²) < 4.78 is 29.4. The van der Waals surface area contributed by atoms with Crippen LogP contribution in [0.2, 0.25) is 0 Å². The Morgan fingerprint density at radius 1 is 0.875 bits per heavy atom. The summed E-state index contributed by atoms with van der Waals surface area (Å²) in [6.45, 7) is 0.383. The first-order valence-corrected chi connectivity index (χ1v) is 11.2. The average Bonchev–Trinajstić information content (AvgIpc) is 3.15. The van der Waals surface area contributed by atoms with Crippen molar-refractivity contribution in [3.05, 3.63) is 110 Å². The maximum atomic E-state index is 13.5. The van der Waals surface area contributed by atoms with Gasteiger partial charge in [0.25, 0.3) is 0 Å². The van der Waals surface area contributed by atoms with Crippen LogP contribution in [-0.4, -0.2) is 10.4 Å². The smallest absolute Gasteiger partial charge is 0.168 e. The largest absolute Gasteiger partial charge is 0.346 e. The molecular formula is C24H18F2N4S2. The number of rotatable bonds is 4. The van der Waals surface area contributed by atoms with Crippen LogP contribution < -0.4 is 10.6 Å². The zero-order valence-electron chi connectivity index (χ0n) is 16.8. The van der Waals surface area contributed by atoms with Crippen molar-refractivity contribution in [3.63, 3.8) is 0 Å². The number of anilines is 1. The van der Waals surface area contributed by atoms with Crippen LogP contribution >= 0.6 is 23.6 Å². The molecule has 0 spiro atoms. The number of halogens is 2. The lowest BCUT2D eigenvalue weighted by atomic mass is 10.1. The van der Waals surface area contributed by atoms with Crippen LogP contribution in [0.15, 0.2) is 83.9 Å². The fourth-order valence-corrected chi connectivity index (χ4v) is 4.93. The second-order valence-electron chi connectivity index (χ2n) is 7.28. The quantitative estimate of drug-likeness (QED) is 0.353. The number of thiazole rings is 1. The van der Waals surface area contributed by atoms with Gasteiger partial charge in [0.2, 0.25) is 0 Å². The number of aliphatic imine (C=N–C) groups is 1. The molecule has 2 heterocycles. The van der Waals surface area contributed by atoms with Crippen LogP contribution in [0.5, 0.6) is 0 Å². The van der Waals surface area contributed by atoms with E-state index in [0.29, 0.717) is 16.3 Å². The number of fused-ring (bicyclic) bond motifs is 1. The monoisotopic (exact) mass is 464 g/mol. The Hall–Kier alpha value is -3.36. The third kappa shape index (κ3) is 4.06. The summed E-state index contributed by atoms with van der Waals surface area (Å²) in [6.07, 6.45) is -0.325. The van der Waals surface area contributed by atoms with Gasteiger partial charge in [-0.05, 0) is 59.7 Å². The summed E-state index contributed by atoms with van der Waals surface area (Å²) in [5.74, 6) is 0.941. The Morgan fingerprint density at radius 2 is 1.53 bits per heavy atom. The molecule has 160 valence electrons. The lowest BCUT2D eigenvalue weighted by Gasteiger charge is -2.29. The Morgan fingerprint density at radius 3 is 2.22 bits per heavy atom. The zero-order chi connectivity index (χ0) is 22.1. The lowest BCUT2D eigenvalue weighted by molar-refractivity contribution is 0.624. The third-order valence-corrected chi connectivity index (χ3v) is 6.52. The van der Waals surface area contributed by atoms with E-state index in [1.165, 1.54) is 35.6 Å². The summed E-state index contributed by atoms with van der Waals surface area (Å²) in [5.41, 5.74) is 2.70. The molecule has 0 aliphatic carbocycles. The van der Waals surface area contributed by atoms with Crippen molar-refractivity contribution in [1.29, 1.82) is 0 Å². The normalized spacial score (nSPS) is 16.3. The predicted molar refractivity (Wildman–Crippen MR) is 127 cm³/mol. The topological polar surface area (TPSA) is 41.4 Å². The van der Waals surface area contributed by atoms with Gasteiger partial charge in [0.1, 0.15) is 34.3 Å². The first kappa shape index (κ1) is 20.5. The van der Waals surface area contributed by atoms with Crippen LogP contribution in [0.25, 0.3) is 5.69 Å². The highest BCUT2D eigenvalue weighted by Crippen LogP contribution is 2.35. The van der Waals surface area contributed by atoms with E-state index in [0.717, 1.165) is 27.5 Å². The molecule has 0 saturated heterocycles. The second-order valence-corrected chi connectivity index (χ2v) is 8.93.